The number of nitrogens with zero attached hydrogens (tertiary/aromatic N) is 2. The fraction of sp³-hybridized carbons (Fsp3) is 0.444. The molecule has 1 aromatic carbocycles. The van der Waals surface area contributed by atoms with E-state index in [0.29, 0.717) is 25.1 Å². The fourth-order valence-corrected chi connectivity index (χ4v) is 3.35. The molecule has 0 saturated carbocycles. The second-order valence-electron chi connectivity index (χ2n) is 6.44. The monoisotopic (exact) mass is 345 g/mol. The van der Waals surface area contributed by atoms with Gasteiger partial charge in [0.2, 0.25) is 5.91 Å². The Kier molecular flexibility index (Phi) is 4.50. The number of benzene rings is 1. The van der Waals surface area contributed by atoms with Crippen LogP contribution in [0, 0.1) is 5.82 Å². The first kappa shape index (κ1) is 16.2. The quantitative estimate of drug-likeness (QED) is 0.923. The molecule has 2 aliphatic heterocycles. The van der Waals surface area contributed by atoms with Gasteiger partial charge >= 0.3 is 0 Å². The number of aromatic amines is 1. The lowest BCUT2D eigenvalue weighted by molar-refractivity contribution is -0.149. The minimum atomic E-state index is -0.427. The van der Waals surface area contributed by atoms with Crippen molar-refractivity contribution in [3.63, 3.8) is 0 Å². The maximum Gasteiger partial charge on any atom is 0.222 e. The number of H-pyrrole nitrogens is 1. The van der Waals surface area contributed by atoms with Crippen LogP contribution in [0.4, 0.5) is 4.39 Å². The molecule has 1 amide bonds. The molecular weight excluding hydrogens is 325 g/mol. The van der Waals surface area contributed by atoms with Crippen LogP contribution < -0.4 is 0 Å². The SMILES string of the molecule is O=C1CCCN1C[C@H]1CO[C@H](c2ccc(-c3cn[nH]c3)cc2F)CO1. The molecule has 1 N–H and O–H groups in total. The summed E-state index contributed by atoms with van der Waals surface area (Å²) >= 11 is 0. The fourth-order valence-electron chi connectivity index (χ4n) is 3.35. The van der Waals surface area contributed by atoms with Crippen molar-refractivity contribution in [3.05, 3.63) is 42.0 Å². The summed E-state index contributed by atoms with van der Waals surface area (Å²) in [5.74, 6) is -0.146. The maximum atomic E-state index is 14.5. The number of hydrogen-bond acceptors (Lipinski definition) is 4. The molecule has 2 saturated heterocycles. The predicted molar refractivity (Wildman–Crippen MR) is 88.2 cm³/mol. The first-order valence-corrected chi connectivity index (χ1v) is 8.50. The second kappa shape index (κ2) is 6.93. The summed E-state index contributed by atoms with van der Waals surface area (Å²) < 4.78 is 26.1. The third-order valence-electron chi connectivity index (χ3n) is 4.74. The lowest BCUT2D eigenvalue weighted by atomic mass is 10.0. The summed E-state index contributed by atoms with van der Waals surface area (Å²) in [7, 11) is 0. The van der Waals surface area contributed by atoms with Crippen LogP contribution in [0.5, 0.6) is 0 Å². The first-order chi connectivity index (χ1) is 12.2. The Balaban J connectivity index is 1.38. The average Bonchev–Trinajstić information content (AvgIpc) is 3.28. The van der Waals surface area contributed by atoms with Crippen molar-refractivity contribution >= 4 is 5.91 Å². The number of carbonyl (C=O) groups excluding carboxylic acids is 1. The van der Waals surface area contributed by atoms with E-state index in [-0.39, 0.29) is 24.4 Å². The van der Waals surface area contributed by atoms with E-state index < -0.39 is 6.10 Å². The van der Waals surface area contributed by atoms with Crippen LogP contribution in [-0.2, 0) is 14.3 Å². The second-order valence-corrected chi connectivity index (χ2v) is 6.44. The molecular formula is C18H20FN3O3. The molecule has 2 aromatic rings. The molecule has 1 aromatic heterocycles. The number of nitrogens with one attached hydrogen (secondary N) is 1. The number of carbonyl (C=O) groups is 1. The van der Waals surface area contributed by atoms with Gasteiger partial charge in [-0.3, -0.25) is 9.89 Å². The highest BCUT2D eigenvalue weighted by atomic mass is 19.1. The lowest BCUT2D eigenvalue weighted by Gasteiger charge is -2.32. The van der Waals surface area contributed by atoms with Gasteiger partial charge in [0.1, 0.15) is 11.9 Å². The molecule has 6 nitrogen and oxygen atoms in total. The average molecular weight is 345 g/mol. The number of ether oxygens (including phenoxy) is 2. The van der Waals surface area contributed by atoms with E-state index in [0.717, 1.165) is 24.1 Å². The van der Waals surface area contributed by atoms with Gasteiger partial charge in [-0.05, 0) is 18.1 Å². The molecule has 0 aliphatic carbocycles. The summed E-state index contributed by atoms with van der Waals surface area (Å²) in [4.78, 5) is 13.5. The van der Waals surface area contributed by atoms with Crippen molar-refractivity contribution in [1.82, 2.24) is 15.1 Å². The van der Waals surface area contributed by atoms with E-state index in [9.17, 15) is 9.18 Å². The van der Waals surface area contributed by atoms with E-state index in [1.807, 2.05) is 11.0 Å². The summed E-state index contributed by atoms with van der Waals surface area (Å²) in [6.07, 6.45) is 4.32. The minimum absolute atomic E-state index is 0.147. The van der Waals surface area contributed by atoms with Gasteiger partial charge in [-0.25, -0.2) is 4.39 Å². The number of hydrogen-bond donors (Lipinski definition) is 1. The zero-order chi connectivity index (χ0) is 17.2. The molecule has 4 rings (SSSR count). The van der Waals surface area contributed by atoms with E-state index >= 15 is 0 Å². The third-order valence-corrected chi connectivity index (χ3v) is 4.74. The molecule has 3 heterocycles. The summed E-state index contributed by atoms with van der Waals surface area (Å²) in [5, 5.41) is 6.59. The van der Waals surface area contributed by atoms with E-state index in [2.05, 4.69) is 10.2 Å². The Hall–Kier alpha value is -2.25. The lowest BCUT2D eigenvalue weighted by Crippen LogP contribution is -2.41. The normalized spacial score (nSPS) is 24.0. The van der Waals surface area contributed by atoms with Crippen LogP contribution >= 0.6 is 0 Å². The van der Waals surface area contributed by atoms with Gasteiger partial charge < -0.3 is 14.4 Å². The van der Waals surface area contributed by atoms with Crippen molar-refractivity contribution in [1.29, 1.82) is 0 Å². The Labute approximate surface area is 144 Å². The number of aromatic nitrogens is 2. The maximum absolute atomic E-state index is 14.5. The molecule has 0 unspecified atom stereocenters. The first-order valence-electron chi connectivity index (χ1n) is 8.50. The van der Waals surface area contributed by atoms with Gasteiger partial charge in [-0.2, -0.15) is 5.10 Å². The molecule has 7 heteroatoms. The zero-order valence-electron chi connectivity index (χ0n) is 13.8. The van der Waals surface area contributed by atoms with Crippen molar-refractivity contribution in [2.75, 3.05) is 26.3 Å². The molecule has 132 valence electrons. The molecule has 0 radical (unpaired) electrons. The van der Waals surface area contributed by atoms with Crippen LogP contribution in [0.1, 0.15) is 24.5 Å². The molecule has 0 bridgehead atoms. The van der Waals surface area contributed by atoms with Gasteiger partial charge in [0.05, 0.1) is 25.5 Å². The number of likely N-dealkylation sites (tertiary alicyclic amines) is 1. The van der Waals surface area contributed by atoms with Crippen molar-refractivity contribution < 1.29 is 18.7 Å². The smallest absolute Gasteiger partial charge is 0.222 e. The van der Waals surface area contributed by atoms with Gasteiger partial charge in [0.25, 0.3) is 0 Å². The van der Waals surface area contributed by atoms with E-state index in [1.165, 1.54) is 6.07 Å². The summed E-state index contributed by atoms with van der Waals surface area (Å²) in [6, 6.07) is 5.07. The number of amides is 1. The Morgan fingerprint density at radius 3 is 2.84 bits per heavy atom. The predicted octanol–water partition coefficient (Wildman–Crippen LogP) is 2.29. The molecule has 0 spiro atoms. The van der Waals surface area contributed by atoms with Crippen LogP contribution in [0.3, 0.4) is 0 Å². The molecule has 2 atom stereocenters. The van der Waals surface area contributed by atoms with Gasteiger partial charge in [-0.1, -0.05) is 12.1 Å². The molecule has 25 heavy (non-hydrogen) atoms. The van der Waals surface area contributed by atoms with E-state index in [1.54, 1.807) is 18.5 Å². The highest BCUT2D eigenvalue weighted by Crippen LogP contribution is 2.29. The standard InChI is InChI=1S/C18H20FN3O3/c19-16-6-12(13-7-20-21-8-13)3-4-15(16)17-11-24-14(10-25-17)9-22-5-1-2-18(22)23/h3-4,6-8,14,17H,1-2,5,9-11H2,(H,20,21)/t14-,17-/m0/s1. The largest absolute Gasteiger partial charge is 0.371 e. The van der Waals surface area contributed by atoms with Gasteiger partial charge in [-0.15, -0.1) is 0 Å². The Morgan fingerprint density at radius 1 is 1.28 bits per heavy atom. The van der Waals surface area contributed by atoms with Gasteiger partial charge in [0.15, 0.2) is 0 Å². The summed E-state index contributed by atoms with van der Waals surface area (Å²) in [5.41, 5.74) is 2.08. The minimum Gasteiger partial charge on any atom is -0.371 e. The highest BCUT2D eigenvalue weighted by Gasteiger charge is 2.29. The van der Waals surface area contributed by atoms with Crippen molar-refractivity contribution in [2.45, 2.75) is 25.0 Å². The van der Waals surface area contributed by atoms with E-state index in [4.69, 9.17) is 9.47 Å². The summed E-state index contributed by atoms with van der Waals surface area (Å²) in [6.45, 7) is 1.98. The van der Waals surface area contributed by atoms with Crippen LogP contribution in [0.15, 0.2) is 30.6 Å². The molecule has 2 fully saturated rings. The van der Waals surface area contributed by atoms with Crippen LogP contribution in [-0.4, -0.2) is 53.4 Å². The van der Waals surface area contributed by atoms with Crippen LogP contribution in [0.2, 0.25) is 0 Å². The van der Waals surface area contributed by atoms with Crippen LogP contribution in [0.25, 0.3) is 11.1 Å². The van der Waals surface area contributed by atoms with Crippen molar-refractivity contribution in [3.8, 4) is 11.1 Å². The third kappa shape index (κ3) is 3.43. The van der Waals surface area contributed by atoms with Crippen molar-refractivity contribution in [2.24, 2.45) is 0 Å². The highest BCUT2D eigenvalue weighted by molar-refractivity contribution is 5.78. The Bertz CT molecular complexity index is 742. The zero-order valence-corrected chi connectivity index (χ0v) is 13.8. The number of rotatable bonds is 4. The molecule has 2 aliphatic rings. The topological polar surface area (TPSA) is 67.5 Å². The Morgan fingerprint density at radius 2 is 2.20 bits per heavy atom. The van der Waals surface area contributed by atoms with Gasteiger partial charge in [0, 0.05) is 36.8 Å². The number of halogens is 1.